The molecule has 0 amide bonds. The van der Waals surface area contributed by atoms with Crippen LogP contribution in [-0.2, 0) is 6.54 Å². The molecule has 0 atom stereocenters. The molecule has 0 unspecified atom stereocenters. The fourth-order valence-electron chi connectivity index (χ4n) is 1.82. The van der Waals surface area contributed by atoms with Crippen LogP contribution in [0.3, 0.4) is 0 Å². The average molecular weight is 248 g/mol. The first-order valence-corrected chi connectivity index (χ1v) is 5.77. The molecule has 0 bridgehead atoms. The highest BCUT2D eigenvalue weighted by Gasteiger charge is 2.07. The van der Waals surface area contributed by atoms with Crippen molar-refractivity contribution in [1.82, 2.24) is 0 Å². The third-order valence-electron chi connectivity index (χ3n) is 2.59. The van der Waals surface area contributed by atoms with E-state index in [0.29, 0.717) is 18.2 Å². The highest BCUT2D eigenvalue weighted by atomic mass is 35.5. The van der Waals surface area contributed by atoms with Gasteiger partial charge < -0.3 is 10.5 Å². The third kappa shape index (κ3) is 2.60. The van der Waals surface area contributed by atoms with E-state index >= 15 is 0 Å². The van der Waals surface area contributed by atoms with Gasteiger partial charge >= 0.3 is 0 Å². The summed E-state index contributed by atoms with van der Waals surface area (Å²) in [6, 6.07) is 12.0. The van der Waals surface area contributed by atoms with Gasteiger partial charge in [0.05, 0.1) is 0 Å². The number of ether oxygens (including phenoxy) is 1. The molecule has 2 aromatic carbocycles. The van der Waals surface area contributed by atoms with Gasteiger partial charge in [0.2, 0.25) is 0 Å². The predicted octanol–water partition coefficient (Wildman–Crippen LogP) is 3.43. The molecule has 0 saturated heterocycles. The lowest BCUT2D eigenvalue weighted by molar-refractivity contribution is 0.356. The summed E-state index contributed by atoms with van der Waals surface area (Å²) in [5.41, 5.74) is 6.79. The Morgan fingerprint density at radius 2 is 2.00 bits per heavy atom. The molecule has 0 aliphatic heterocycles. The van der Waals surface area contributed by atoms with Crippen molar-refractivity contribution in [2.24, 2.45) is 5.73 Å². The van der Waals surface area contributed by atoms with Gasteiger partial charge in [-0.05, 0) is 16.8 Å². The number of rotatable bonds is 4. The summed E-state index contributed by atoms with van der Waals surface area (Å²) in [6.07, 6.45) is 0. The van der Waals surface area contributed by atoms with Crippen molar-refractivity contribution in [3.05, 3.63) is 53.6 Å². The van der Waals surface area contributed by atoms with E-state index in [2.05, 4.69) is 12.6 Å². The van der Waals surface area contributed by atoms with Crippen LogP contribution in [0.25, 0.3) is 10.8 Å². The Labute approximate surface area is 106 Å². The van der Waals surface area contributed by atoms with Gasteiger partial charge in [0, 0.05) is 17.1 Å². The first kappa shape index (κ1) is 12.0. The fourth-order valence-corrected chi connectivity index (χ4v) is 1.87. The minimum atomic E-state index is 0.299. The number of hydrogen-bond acceptors (Lipinski definition) is 2. The Morgan fingerprint density at radius 1 is 1.24 bits per heavy atom. The van der Waals surface area contributed by atoms with Crippen molar-refractivity contribution in [1.29, 1.82) is 0 Å². The zero-order valence-corrected chi connectivity index (χ0v) is 10.2. The molecular weight excluding hydrogens is 234 g/mol. The maximum Gasteiger partial charge on any atom is 0.124 e. The molecule has 2 N–H and O–H groups in total. The summed E-state index contributed by atoms with van der Waals surface area (Å²) in [6.45, 7) is 4.33. The maximum atomic E-state index is 5.79. The SMILES string of the molecule is C=C(Cl)COc1ccc2ccccc2c1CN. The van der Waals surface area contributed by atoms with Crippen molar-refractivity contribution in [3.63, 3.8) is 0 Å². The molecule has 0 saturated carbocycles. The summed E-state index contributed by atoms with van der Waals surface area (Å²) >= 11 is 5.69. The second-order valence-electron chi connectivity index (χ2n) is 3.77. The lowest BCUT2D eigenvalue weighted by Gasteiger charge is -2.12. The molecule has 17 heavy (non-hydrogen) atoms. The zero-order valence-electron chi connectivity index (χ0n) is 9.45. The van der Waals surface area contributed by atoms with Crippen LogP contribution in [0.5, 0.6) is 5.75 Å². The van der Waals surface area contributed by atoms with Gasteiger partial charge in [-0.1, -0.05) is 48.5 Å². The molecule has 0 aromatic heterocycles. The standard InChI is InChI=1S/C14H14ClNO/c1-10(15)9-17-14-7-6-11-4-2-3-5-12(11)13(14)8-16/h2-7H,1,8-9,16H2. The van der Waals surface area contributed by atoms with Crippen LogP contribution in [0.4, 0.5) is 0 Å². The maximum absolute atomic E-state index is 5.79. The first-order valence-electron chi connectivity index (χ1n) is 5.39. The zero-order chi connectivity index (χ0) is 12.3. The number of hydrogen-bond donors (Lipinski definition) is 1. The largest absolute Gasteiger partial charge is 0.488 e. The molecule has 88 valence electrons. The van der Waals surface area contributed by atoms with Gasteiger partial charge in [0.25, 0.3) is 0 Å². The minimum Gasteiger partial charge on any atom is -0.488 e. The first-order chi connectivity index (χ1) is 8.22. The average Bonchev–Trinajstić information content (AvgIpc) is 2.35. The second-order valence-corrected chi connectivity index (χ2v) is 4.31. The van der Waals surface area contributed by atoms with Gasteiger partial charge in [-0.25, -0.2) is 0 Å². The second kappa shape index (κ2) is 5.21. The Kier molecular flexibility index (Phi) is 3.67. The Balaban J connectivity index is 2.45. The molecule has 2 nitrogen and oxygen atoms in total. The Morgan fingerprint density at radius 3 is 2.71 bits per heavy atom. The van der Waals surface area contributed by atoms with Gasteiger partial charge in [-0.2, -0.15) is 0 Å². The molecule has 0 fully saturated rings. The monoisotopic (exact) mass is 247 g/mol. The minimum absolute atomic E-state index is 0.299. The number of benzene rings is 2. The van der Waals surface area contributed by atoms with E-state index in [1.807, 2.05) is 30.3 Å². The van der Waals surface area contributed by atoms with Crippen molar-refractivity contribution in [3.8, 4) is 5.75 Å². The molecular formula is C14H14ClNO. The molecule has 0 radical (unpaired) electrons. The summed E-state index contributed by atoms with van der Waals surface area (Å²) < 4.78 is 5.59. The van der Waals surface area contributed by atoms with Crippen molar-refractivity contribution < 1.29 is 4.74 Å². The molecule has 3 heteroatoms. The predicted molar refractivity (Wildman–Crippen MR) is 72.3 cm³/mol. The lowest BCUT2D eigenvalue weighted by Crippen LogP contribution is -2.04. The Hall–Kier alpha value is -1.51. The van der Waals surface area contributed by atoms with E-state index in [1.54, 1.807) is 0 Å². The molecule has 0 spiro atoms. The molecule has 0 heterocycles. The Bertz CT molecular complexity index is 551. The van der Waals surface area contributed by atoms with Crippen LogP contribution in [0.1, 0.15) is 5.56 Å². The van der Waals surface area contributed by atoms with Gasteiger partial charge in [0.1, 0.15) is 12.4 Å². The van der Waals surface area contributed by atoms with Gasteiger partial charge in [-0.3, -0.25) is 0 Å². The summed E-state index contributed by atoms with van der Waals surface area (Å²) in [7, 11) is 0. The smallest absolute Gasteiger partial charge is 0.124 e. The summed E-state index contributed by atoms with van der Waals surface area (Å²) in [5, 5.41) is 2.75. The van der Waals surface area contributed by atoms with E-state index in [-0.39, 0.29) is 0 Å². The summed E-state index contributed by atoms with van der Waals surface area (Å²) in [4.78, 5) is 0. The van der Waals surface area contributed by atoms with Gasteiger partial charge in [-0.15, -0.1) is 0 Å². The quantitative estimate of drug-likeness (QED) is 0.899. The summed E-state index contributed by atoms with van der Waals surface area (Å²) in [5.74, 6) is 0.771. The molecule has 0 aliphatic carbocycles. The normalized spacial score (nSPS) is 10.5. The van der Waals surface area contributed by atoms with E-state index in [4.69, 9.17) is 22.1 Å². The van der Waals surface area contributed by atoms with Gasteiger partial charge in [0.15, 0.2) is 0 Å². The number of nitrogens with two attached hydrogens (primary N) is 1. The number of fused-ring (bicyclic) bond motifs is 1. The van der Waals surface area contributed by atoms with Crippen LogP contribution in [0, 0.1) is 0 Å². The third-order valence-corrected chi connectivity index (χ3v) is 2.70. The van der Waals surface area contributed by atoms with Crippen LogP contribution >= 0.6 is 11.6 Å². The van der Waals surface area contributed by atoms with E-state index in [0.717, 1.165) is 22.1 Å². The van der Waals surface area contributed by atoms with E-state index in [1.165, 1.54) is 0 Å². The highest BCUT2D eigenvalue weighted by molar-refractivity contribution is 6.29. The van der Waals surface area contributed by atoms with E-state index in [9.17, 15) is 0 Å². The van der Waals surface area contributed by atoms with Crippen LogP contribution < -0.4 is 10.5 Å². The topological polar surface area (TPSA) is 35.2 Å². The van der Waals surface area contributed by atoms with Crippen LogP contribution in [-0.4, -0.2) is 6.61 Å². The van der Waals surface area contributed by atoms with Crippen molar-refractivity contribution >= 4 is 22.4 Å². The van der Waals surface area contributed by atoms with Crippen LogP contribution in [0.2, 0.25) is 0 Å². The van der Waals surface area contributed by atoms with Crippen molar-refractivity contribution in [2.45, 2.75) is 6.54 Å². The lowest BCUT2D eigenvalue weighted by atomic mass is 10.0. The van der Waals surface area contributed by atoms with Crippen molar-refractivity contribution in [2.75, 3.05) is 6.61 Å². The molecule has 2 aromatic rings. The van der Waals surface area contributed by atoms with Crippen LogP contribution in [0.15, 0.2) is 48.0 Å². The molecule has 0 aliphatic rings. The molecule has 2 rings (SSSR count). The van der Waals surface area contributed by atoms with E-state index < -0.39 is 0 Å². The number of halogens is 1. The highest BCUT2D eigenvalue weighted by Crippen LogP contribution is 2.28. The fraction of sp³-hybridized carbons (Fsp3) is 0.143.